The Hall–Kier alpha value is -4.02. The number of rotatable bonds is 6. The topological polar surface area (TPSA) is 81.2 Å². The molecule has 1 saturated carbocycles. The number of benzene rings is 2. The second kappa shape index (κ2) is 10.0. The lowest BCUT2D eigenvalue weighted by atomic mass is 9.92. The highest BCUT2D eigenvalue weighted by molar-refractivity contribution is 6.12. The summed E-state index contributed by atoms with van der Waals surface area (Å²) in [4.78, 5) is 32.5. The van der Waals surface area contributed by atoms with Crippen molar-refractivity contribution in [2.24, 2.45) is 0 Å². The zero-order chi connectivity index (χ0) is 27.0. The van der Waals surface area contributed by atoms with Gasteiger partial charge < -0.3 is 14.2 Å². The zero-order valence-electron chi connectivity index (χ0n) is 20.8. The Balaban J connectivity index is 1.27. The first-order valence-electron chi connectivity index (χ1n) is 12.2. The molecule has 0 N–H and O–H groups in total. The Morgan fingerprint density at radius 2 is 1.63 bits per heavy atom. The number of carbonyl (C=O) groups is 2. The minimum Gasteiger partial charge on any atom is -0.493 e. The minimum atomic E-state index is -4.54. The molecule has 0 spiro atoms. The lowest BCUT2D eigenvalue weighted by Crippen LogP contribution is -2.44. The van der Waals surface area contributed by atoms with Crippen molar-refractivity contribution >= 4 is 28.5 Å². The summed E-state index contributed by atoms with van der Waals surface area (Å²) in [7, 11) is 3.11. The molecule has 11 heteroatoms. The fraction of sp³-hybridized carbons (Fsp3) is 0.370. The average molecular weight is 530 g/mol. The molecule has 2 fully saturated rings. The molecule has 38 heavy (non-hydrogen) atoms. The molecule has 3 amide bonds. The van der Waals surface area contributed by atoms with Crippen LogP contribution in [0.4, 0.5) is 23.7 Å². The normalized spacial score (nSPS) is 20.2. The fourth-order valence-electron chi connectivity index (χ4n) is 5.08. The zero-order valence-corrected chi connectivity index (χ0v) is 20.8. The second-order valence-corrected chi connectivity index (χ2v) is 9.26. The molecular formula is C27H26F3N3O5. The highest BCUT2D eigenvalue weighted by atomic mass is 19.4. The van der Waals surface area contributed by atoms with Gasteiger partial charge >= 0.3 is 12.2 Å². The SMILES string of the molecule is COc1cc2nccc(O[C@H]3CC[C@H](N4C(=O)CN(c5cccc(C(F)(F)F)c5)C4=O)CC3)c2cc1OC. The molecule has 3 aromatic rings. The Labute approximate surface area is 216 Å². The van der Waals surface area contributed by atoms with Crippen LogP contribution < -0.4 is 19.1 Å². The van der Waals surface area contributed by atoms with Gasteiger partial charge in [-0.25, -0.2) is 4.79 Å². The molecule has 1 aliphatic heterocycles. The quantitative estimate of drug-likeness (QED) is 0.396. The molecule has 2 aliphatic rings. The first-order chi connectivity index (χ1) is 18.2. The van der Waals surface area contributed by atoms with Crippen molar-refractivity contribution in [1.82, 2.24) is 9.88 Å². The van der Waals surface area contributed by atoms with Crippen molar-refractivity contribution in [3.8, 4) is 17.2 Å². The van der Waals surface area contributed by atoms with E-state index in [0.717, 1.165) is 22.4 Å². The Morgan fingerprint density at radius 3 is 2.32 bits per heavy atom. The highest BCUT2D eigenvalue weighted by Crippen LogP contribution is 2.38. The molecule has 1 aliphatic carbocycles. The minimum absolute atomic E-state index is 0.0503. The lowest BCUT2D eigenvalue weighted by Gasteiger charge is -2.33. The van der Waals surface area contributed by atoms with Crippen molar-refractivity contribution in [3.63, 3.8) is 0 Å². The second-order valence-electron chi connectivity index (χ2n) is 9.26. The first kappa shape index (κ1) is 25.6. The maximum Gasteiger partial charge on any atom is 0.416 e. The fourth-order valence-corrected chi connectivity index (χ4v) is 5.08. The predicted molar refractivity (Wildman–Crippen MR) is 133 cm³/mol. The van der Waals surface area contributed by atoms with E-state index in [1.165, 1.54) is 17.0 Å². The average Bonchev–Trinajstić information content (AvgIpc) is 3.21. The summed E-state index contributed by atoms with van der Waals surface area (Å²) in [6.45, 7) is -0.287. The number of methoxy groups -OCH3 is 2. The van der Waals surface area contributed by atoms with Crippen LogP contribution in [-0.2, 0) is 11.0 Å². The van der Waals surface area contributed by atoms with Crippen LogP contribution >= 0.6 is 0 Å². The van der Waals surface area contributed by atoms with Crippen LogP contribution in [0.5, 0.6) is 17.2 Å². The molecule has 8 nitrogen and oxygen atoms in total. The van der Waals surface area contributed by atoms with E-state index in [0.29, 0.717) is 48.4 Å². The van der Waals surface area contributed by atoms with Crippen LogP contribution in [0, 0.1) is 0 Å². The molecule has 0 bridgehead atoms. The van der Waals surface area contributed by atoms with E-state index in [2.05, 4.69) is 4.98 Å². The number of hydrogen-bond donors (Lipinski definition) is 0. The van der Waals surface area contributed by atoms with Crippen LogP contribution in [0.15, 0.2) is 48.7 Å². The van der Waals surface area contributed by atoms with Gasteiger partial charge in [0.15, 0.2) is 11.5 Å². The molecule has 0 unspecified atom stereocenters. The molecule has 2 aromatic carbocycles. The first-order valence-corrected chi connectivity index (χ1v) is 12.2. The number of imide groups is 1. The highest BCUT2D eigenvalue weighted by Gasteiger charge is 2.43. The van der Waals surface area contributed by atoms with Gasteiger partial charge in [0.2, 0.25) is 0 Å². The third kappa shape index (κ3) is 4.80. The van der Waals surface area contributed by atoms with Crippen LogP contribution in [0.25, 0.3) is 10.9 Å². The van der Waals surface area contributed by atoms with Crippen molar-refractivity contribution in [2.75, 3.05) is 25.7 Å². The summed E-state index contributed by atoms with van der Waals surface area (Å²) >= 11 is 0. The molecule has 1 saturated heterocycles. The number of urea groups is 1. The van der Waals surface area contributed by atoms with E-state index in [-0.39, 0.29) is 24.4 Å². The molecule has 200 valence electrons. The molecule has 1 aromatic heterocycles. The van der Waals surface area contributed by atoms with Crippen molar-refractivity contribution in [3.05, 3.63) is 54.2 Å². The number of aromatic nitrogens is 1. The smallest absolute Gasteiger partial charge is 0.416 e. The summed E-state index contributed by atoms with van der Waals surface area (Å²) in [6, 6.07) is 8.88. The van der Waals surface area contributed by atoms with E-state index in [4.69, 9.17) is 14.2 Å². The summed E-state index contributed by atoms with van der Waals surface area (Å²) in [6.07, 6.45) is -0.781. The molecule has 0 radical (unpaired) electrons. The summed E-state index contributed by atoms with van der Waals surface area (Å²) < 4.78 is 56.5. The predicted octanol–water partition coefficient (Wildman–Crippen LogP) is 5.43. The van der Waals surface area contributed by atoms with Gasteiger partial charge in [-0.1, -0.05) is 6.07 Å². The third-order valence-electron chi connectivity index (χ3n) is 6.99. The third-order valence-corrected chi connectivity index (χ3v) is 6.99. The largest absolute Gasteiger partial charge is 0.493 e. The number of hydrogen-bond acceptors (Lipinski definition) is 6. The Morgan fingerprint density at radius 1 is 0.921 bits per heavy atom. The van der Waals surface area contributed by atoms with Crippen LogP contribution in [-0.4, -0.2) is 54.7 Å². The van der Waals surface area contributed by atoms with Gasteiger partial charge in [-0.05, 0) is 56.0 Å². The van der Waals surface area contributed by atoms with Crippen LogP contribution in [0.3, 0.4) is 0 Å². The summed E-state index contributed by atoms with van der Waals surface area (Å²) in [5.41, 5.74) is -0.128. The van der Waals surface area contributed by atoms with E-state index in [1.54, 1.807) is 32.5 Å². The number of alkyl halides is 3. The number of ether oxygens (including phenoxy) is 3. The van der Waals surface area contributed by atoms with Gasteiger partial charge in [-0.3, -0.25) is 19.6 Å². The Bertz CT molecular complexity index is 1370. The van der Waals surface area contributed by atoms with E-state index >= 15 is 0 Å². The molecule has 0 atom stereocenters. The number of fused-ring (bicyclic) bond motifs is 1. The van der Waals surface area contributed by atoms with Crippen molar-refractivity contribution in [1.29, 1.82) is 0 Å². The van der Waals surface area contributed by atoms with Gasteiger partial charge in [-0.2, -0.15) is 13.2 Å². The van der Waals surface area contributed by atoms with Gasteiger partial charge in [0.25, 0.3) is 5.91 Å². The van der Waals surface area contributed by atoms with Crippen LogP contribution in [0.1, 0.15) is 31.2 Å². The Kier molecular flexibility index (Phi) is 6.77. The number of pyridine rings is 1. The molecule has 5 rings (SSSR count). The maximum atomic E-state index is 13.1. The standard InChI is InChI=1S/C27H26F3N3O5/c1-36-23-13-20-21(14-24(23)37-2)31-11-10-22(20)38-19-8-6-17(7-9-19)33-25(34)15-32(26(33)35)18-5-3-4-16(12-18)27(28,29)30/h3-5,10-14,17,19H,6-9,15H2,1-2H3/t17-,19-. The van der Waals surface area contributed by atoms with Crippen molar-refractivity contribution < 1.29 is 37.0 Å². The maximum absolute atomic E-state index is 13.1. The number of anilines is 1. The number of amides is 3. The van der Waals surface area contributed by atoms with Gasteiger partial charge in [0, 0.05) is 29.4 Å². The van der Waals surface area contributed by atoms with E-state index < -0.39 is 23.7 Å². The molecule has 2 heterocycles. The van der Waals surface area contributed by atoms with Gasteiger partial charge in [0.05, 0.1) is 31.4 Å². The molecular weight excluding hydrogens is 503 g/mol. The summed E-state index contributed by atoms with van der Waals surface area (Å²) in [5.74, 6) is 1.34. The number of halogens is 3. The summed E-state index contributed by atoms with van der Waals surface area (Å²) in [5, 5.41) is 0.772. The number of nitrogens with zero attached hydrogens (tertiary/aromatic N) is 3. The van der Waals surface area contributed by atoms with Crippen molar-refractivity contribution in [2.45, 2.75) is 44.0 Å². The van der Waals surface area contributed by atoms with Gasteiger partial charge in [-0.15, -0.1) is 0 Å². The van der Waals surface area contributed by atoms with E-state index in [1.807, 2.05) is 6.07 Å². The monoisotopic (exact) mass is 529 g/mol. The van der Waals surface area contributed by atoms with E-state index in [9.17, 15) is 22.8 Å². The van der Waals surface area contributed by atoms with Crippen LogP contribution in [0.2, 0.25) is 0 Å². The van der Waals surface area contributed by atoms with Gasteiger partial charge in [0.1, 0.15) is 12.3 Å². The number of carbonyl (C=O) groups excluding carboxylic acids is 2. The lowest BCUT2D eigenvalue weighted by molar-refractivity contribution is -0.137.